The van der Waals surface area contributed by atoms with E-state index in [2.05, 4.69) is 5.32 Å². The summed E-state index contributed by atoms with van der Waals surface area (Å²) in [5.74, 6) is -0.747. The van der Waals surface area contributed by atoms with Gasteiger partial charge in [0.25, 0.3) is 0 Å². The van der Waals surface area contributed by atoms with E-state index in [0.29, 0.717) is 26.3 Å². The number of carbonyl (C=O) groups excluding carboxylic acids is 1. The molecular weight excluding hydrogens is 376 g/mol. The van der Waals surface area contributed by atoms with E-state index in [1.807, 2.05) is 43.0 Å². The van der Waals surface area contributed by atoms with Crippen LogP contribution < -0.4 is 5.32 Å². The molecule has 0 bridgehead atoms. The largest absolute Gasteiger partial charge is 0.379 e. The van der Waals surface area contributed by atoms with Crippen LogP contribution in [-0.2, 0) is 19.4 Å². The summed E-state index contributed by atoms with van der Waals surface area (Å²) in [5, 5.41) is 2.64. The van der Waals surface area contributed by atoms with Crippen molar-refractivity contribution in [2.45, 2.75) is 24.8 Å². The number of rotatable bonds is 6. The van der Waals surface area contributed by atoms with Crippen molar-refractivity contribution < 1.29 is 17.9 Å². The molecule has 1 atom stereocenters. The Bertz CT molecular complexity index is 902. The molecule has 6 nitrogen and oxygen atoms in total. The van der Waals surface area contributed by atoms with E-state index in [9.17, 15) is 13.2 Å². The lowest BCUT2D eigenvalue weighted by molar-refractivity contribution is -0.128. The maximum Gasteiger partial charge on any atom is 0.242 e. The van der Waals surface area contributed by atoms with E-state index in [0.717, 1.165) is 16.7 Å². The predicted molar refractivity (Wildman–Crippen MR) is 108 cm³/mol. The molecule has 1 aliphatic rings. The fraction of sp³-hybridized carbons (Fsp3) is 0.381. The zero-order valence-corrected chi connectivity index (χ0v) is 17.0. The lowest BCUT2D eigenvalue weighted by atomic mass is 10.0. The van der Waals surface area contributed by atoms with Gasteiger partial charge in [-0.1, -0.05) is 47.5 Å². The van der Waals surface area contributed by atoms with Crippen molar-refractivity contribution in [3.05, 3.63) is 65.2 Å². The van der Waals surface area contributed by atoms with E-state index in [4.69, 9.17) is 4.74 Å². The minimum Gasteiger partial charge on any atom is -0.379 e. The molecule has 0 saturated carbocycles. The molecule has 0 aliphatic carbocycles. The number of morpholine rings is 1. The Morgan fingerprint density at radius 2 is 1.54 bits per heavy atom. The second-order valence-electron chi connectivity index (χ2n) is 7.07. The van der Waals surface area contributed by atoms with Gasteiger partial charge in [-0.05, 0) is 31.5 Å². The Hall–Kier alpha value is -2.22. The molecule has 0 spiro atoms. The Morgan fingerprint density at radius 3 is 2.11 bits per heavy atom. The van der Waals surface area contributed by atoms with Crippen molar-refractivity contribution in [2.75, 3.05) is 32.2 Å². The van der Waals surface area contributed by atoms with Crippen molar-refractivity contribution in [1.29, 1.82) is 0 Å². The number of nitrogens with one attached hydrogen (secondary N) is 1. The average Bonchev–Trinajstić information content (AvgIpc) is 2.69. The fourth-order valence-electron chi connectivity index (χ4n) is 3.20. The maximum absolute atomic E-state index is 13.0. The molecule has 150 valence electrons. The Morgan fingerprint density at radius 1 is 1.00 bits per heavy atom. The van der Waals surface area contributed by atoms with Gasteiger partial charge in [0.1, 0.15) is 11.9 Å². The highest BCUT2D eigenvalue weighted by Crippen LogP contribution is 2.23. The standard InChI is InChI=1S/C21H26N2O4S/c1-16-3-7-18(8-4-16)20(23-11-13-27-14-12-23)21(24)22-15-28(25,26)19-9-5-17(2)6-10-19/h3-10,20H,11-15H2,1-2H3,(H,22,24). The summed E-state index contributed by atoms with van der Waals surface area (Å²) in [4.78, 5) is 15.2. The zero-order valence-electron chi connectivity index (χ0n) is 16.2. The molecule has 1 saturated heterocycles. The first-order chi connectivity index (χ1) is 13.4. The molecule has 0 radical (unpaired) electrons. The van der Waals surface area contributed by atoms with Gasteiger partial charge < -0.3 is 10.1 Å². The number of aryl methyl sites for hydroxylation is 2. The summed E-state index contributed by atoms with van der Waals surface area (Å²) in [6.07, 6.45) is 0. The van der Waals surface area contributed by atoms with Gasteiger partial charge in [0, 0.05) is 13.1 Å². The molecule has 1 amide bonds. The van der Waals surface area contributed by atoms with Gasteiger partial charge in [0.15, 0.2) is 9.84 Å². The van der Waals surface area contributed by atoms with Crippen LogP contribution in [0.4, 0.5) is 0 Å². The molecule has 1 heterocycles. The second kappa shape index (κ2) is 8.86. The number of carbonyl (C=O) groups is 1. The SMILES string of the molecule is Cc1ccc(C(C(=O)NCS(=O)(=O)c2ccc(C)cc2)N2CCOCC2)cc1. The van der Waals surface area contributed by atoms with Crippen molar-refractivity contribution in [2.24, 2.45) is 0 Å². The predicted octanol–water partition coefficient (Wildman–Crippen LogP) is 2.22. The lowest BCUT2D eigenvalue weighted by Gasteiger charge is -2.33. The zero-order chi connectivity index (χ0) is 20.1. The minimum absolute atomic E-state index is 0.205. The van der Waals surface area contributed by atoms with Crippen LogP contribution in [0.15, 0.2) is 53.4 Å². The fourth-order valence-corrected chi connectivity index (χ4v) is 4.25. The van der Waals surface area contributed by atoms with Gasteiger partial charge in [-0.2, -0.15) is 0 Å². The molecule has 7 heteroatoms. The molecule has 1 fully saturated rings. The number of hydrogen-bond donors (Lipinski definition) is 1. The highest BCUT2D eigenvalue weighted by Gasteiger charge is 2.30. The second-order valence-corrected chi connectivity index (χ2v) is 9.06. The maximum atomic E-state index is 13.0. The molecule has 1 unspecified atom stereocenters. The van der Waals surface area contributed by atoms with Crippen LogP contribution in [0.25, 0.3) is 0 Å². The van der Waals surface area contributed by atoms with Crippen LogP contribution in [0, 0.1) is 13.8 Å². The molecule has 2 aromatic carbocycles. The molecule has 1 aliphatic heterocycles. The van der Waals surface area contributed by atoms with Crippen LogP contribution in [0.1, 0.15) is 22.7 Å². The number of benzene rings is 2. The van der Waals surface area contributed by atoms with Gasteiger partial charge in [0.05, 0.1) is 18.1 Å². The van der Waals surface area contributed by atoms with Crippen LogP contribution in [0.5, 0.6) is 0 Å². The van der Waals surface area contributed by atoms with Gasteiger partial charge in [-0.25, -0.2) is 8.42 Å². The lowest BCUT2D eigenvalue weighted by Crippen LogP contribution is -2.46. The summed E-state index contributed by atoms with van der Waals surface area (Å²) in [6, 6.07) is 13.8. The normalized spacial score (nSPS) is 16.5. The highest BCUT2D eigenvalue weighted by molar-refractivity contribution is 7.91. The molecule has 3 rings (SSSR count). The summed E-state index contributed by atoms with van der Waals surface area (Å²) in [6.45, 7) is 6.23. The van der Waals surface area contributed by atoms with Crippen LogP contribution in [0.2, 0.25) is 0 Å². The van der Waals surface area contributed by atoms with Gasteiger partial charge in [0.2, 0.25) is 5.91 Å². The van der Waals surface area contributed by atoms with E-state index >= 15 is 0 Å². The third-order valence-corrected chi connectivity index (χ3v) is 6.38. The highest BCUT2D eigenvalue weighted by atomic mass is 32.2. The van der Waals surface area contributed by atoms with Gasteiger partial charge in [-0.15, -0.1) is 0 Å². The van der Waals surface area contributed by atoms with E-state index in [-0.39, 0.29) is 10.8 Å². The van der Waals surface area contributed by atoms with E-state index in [1.54, 1.807) is 24.3 Å². The van der Waals surface area contributed by atoms with E-state index in [1.165, 1.54) is 0 Å². The Balaban J connectivity index is 1.77. The van der Waals surface area contributed by atoms with Crippen molar-refractivity contribution in [1.82, 2.24) is 10.2 Å². The smallest absolute Gasteiger partial charge is 0.242 e. The van der Waals surface area contributed by atoms with Gasteiger partial charge >= 0.3 is 0 Å². The third kappa shape index (κ3) is 4.98. The topological polar surface area (TPSA) is 75.7 Å². The summed E-state index contributed by atoms with van der Waals surface area (Å²) < 4.78 is 30.6. The first kappa shape index (κ1) is 20.5. The third-order valence-electron chi connectivity index (χ3n) is 4.87. The minimum atomic E-state index is -3.60. The quantitative estimate of drug-likeness (QED) is 0.802. The number of nitrogens with zero attached hydrogens (tertiary/aromatic N) is 1. The first-order valence-electron chi connectivity index (χ1n) is 9.32. The number of amides is 1. The van der Waals surface area contributed by atoms with Crippen molar-refractivity contribution >= 4 is 15.7 Å². The van der Waals surface area contributed by atoms with Crippen LogP contribution >= 0.6 is 0 Å². The molecule has 28 heavy (non-hydrogen) atoms. The van der Waals surface area contributed by atoms with Crippen molar-refractivity contribution in [3.63, 3.8) is 0 Å². The summed E-state index contributed by atoms with van der Waals surface area (Å²) in [7, 11) is -3.60. The van der Waals surface area contributed by atoms with Gasteiger partial charge in [-0.3, -0.25) is 9.69 Å². The molecule has 2 aromatic rings. The first-order valence-corrected chi connectivity index (χ1v) is 11.0. The summed E-state index contributed by atoms with van der Waals surface area (Å²) in [5.41, 5.74) is 2.93. The average molecular weight is 403 g/mol. The summed E-state index contributed by atoms with van der Waals surface area (Å²) >= 11 is 0. The molecular formula is C21H26N2O4S. The van der Waals surface area contributed by atoms with Crippen molar-refractivity contribution in [3.8, 4) is 0 Å². The number of sulfone groups is 1. The molecule has 0 aromatic heterocycles. The number of hydrogen-bond acceptors (Lipinski definition) is 5. The molecule has 1 N–H and O–H groups in total. The Labute approximate surface area is 166 Å². The van der Waals surface area contributed by atoms with Crippen LogP contribution in [-0.4, -0.2) is 51.4 Å². The monoisotopic (exact) mass is 402 g/mol. The Kier molecular flexibility index (Phi) is 6.49. The van der Waals surface area contributed by atoms with E-state index < -0.39 is 21.8 Å². The number of ether oxygens (including phenoxy) is 1. The van der Waals surface area contributed by atoms with Crippen LogP contribution in [0.3, 0.4) is 0 Å².